The monoisotopic (exact) mass is 403 g/mol. The maximum absolute atomic E-state index is 12.9. The molecule has 1 aromatic carbocycles. The number of carbonyl (C=O) groups is 1. The van der Waals surface area contributed by atoms with E-state index in [0.29, 0.717) is 25.3 Å². The summed E-state index contributed by atoms with van der Waals surface area (Å²) in [6, 6.07) is 2.30. The van der Waals surface area contributed by atoms with Crippen molar-refractivity contribution in [2.45, 2.75) is 70.3 Å². The molecule has 0 saturated heterocycles. The number of anilines is 1. The molecule has 1 aromatic rings. The number of hydrogen-bond donors (Lipinski definition) is 1. The van der Waals surface area contributed by atoms with Crippen molar-refractivity contribution in [2.75, 3.05) is 5.32 Å². The lowest BCUT2D eigenvalue weighted by atomic mass is 9.88. The highest BCUT2D eigenvalue weighted by Gasteiger charge is 2.42. The largest absolute Gasteiger partial charge is 0.416 e. The van der Waals surface area contributed by atoms with Gasteiger partial charge in [-0.05, 0) is 58.6 Å². The molecule has 7 nitrogen and oxygen atoms in total. The SMILES string of the molecule is CC(C)(C)ON(C=O)C1(Nc2ccc(C(F)(F)F)cc2[N+](=O)[O-])CCCCC1. The maximum atomic E-state index is 12.9. The van der Waals surface area contributed by atoms with Gasteiger partial charge in [0.2, 0.25) is 6.41 Å². The molecule has 1 amide bonds. The van der Waals surface area contributed by atoms with Crippen molar-refractivity contribution < 1.29 is 27.7 Å². The molecule has 0 heterocycles. The number of alkyl halides is 3. The first-order valence-corrected chi connectivity index (χ1v) is 8.96. The van der Waals surface area contributed by atoms with Gasteiger partial charge in [0, 0.05) is 6.07 Å². The zero-order valence-electron chi connectivity index (χ0n) is 16.0. The van der Waals surface area contributed by atoms with Crippen LogP contribution in [0.3, 0.4) is 0 Å². The summed E-state index contributed by atoms with van der Waals surface area (Å²) in [5.41, 5.74) is -3.71. The lowest BCUT2D eigenvalue weighted by Gasteiger charge is -2.46. The van der Waals surface area contributed by atoms with E-state index in [9.17, 15) is 28.1 Å². The minimum atomic E-state index is -4.70. The molecule has 10 heteroatoms. The Kier molecular flexibility index (Phi) is 6.22. The summed E-state index contributed by atoms with van der Waals surface area (Å²) < 4.78 is 38.8. The normalized spacial score (nSPS) is 17.1. The summed E-state index contributed by atoms with van der Waals surface area (Å²) in [5.74, 6) is 0. The van der Waals surface area contributed by atoms with Gasteiger partial charge in [0.25, 0.3) is 5.69 Å². The van der Waals surface area contributed by atoms with Gasteiger partial charge in [0.15, 0.2) is 0 Å². The molecule has 2 rings (SSSR count). The number of hydrogen-bond acceptors (Lipinski definition) is 5. The number of carbonyl (C=O) groups excluding carboxylic acids is 1. The number of nitrogens with one attached hydrogen (secondary N) is 1. The molecule has 1 fully saturated rings. The Morgan fingerprint density at radius 2 is 1.82 bits per heavy atom. The van der Waals surface area contributed by atoms with Gasteiger partial charge in [0.1, 0.15) is 11.4 Å². The summed E-state index contributed by atoms with van der Waals surface area (Å²) in [6.07, 6.45) is -0.922. The average Bonchev–Trinajstić information content (AvgIpc) is 2.58. The van der Waals surface area contributed by atoms with Crippen molar-refractivity contribution in [3.63, 3.8) is 0 Å². The van der Waals surface area contributed by atoms with Gasteiger partial charge in [-0.25, -0.2) is 0 Å². The fourth-order valence-corrected chi connectivity index (χ4v) is 3.26. The zero-order chi connectivity index (χ0) is 21.2. The quantitative estimate of drug-likeness (QED) is 0.317. The standard InChI is InChI=1S/C18H24F3N3O4/c1-16(2,3)28-23(12-25)17(9-5-4-6-10-17)22-14-8-7-13(18(19,20)21)11-15(14)24(26)27/h7-8,11-12,22H,4-6,9-10H2,1-3H3. The molecule has 1 aliphatic rings. The lowest BCUT2D eigenvalue weighted by Crippen LogP contribution is -2.57. The number of nitro groups is 1. The third-order valence-electron chi connectivity index (χ3n) is 4.46. The van der Waals surface area contributed by atoms with Crippen molar-refractivity contribution in [1.82, 2.24) is 5.06 Å². The van der Waals surface area contributed by atoms with E-state index in [2.05, 4.69) is 5.32 Å². The van der Waals surface area contributed by atoms with E-state index >= 15 is 0 Å². The third-order valence-corrected chi connectivity index (χ3v) is 4.46. The van der Waals surface area contributed by atoms with E-state index in [4.69, 9.17) is 4.84 Å². The molecule has 156 valence electrons. The molecule has 1 N–H and O–H groups in total. The highest BCUT2D eigenvalue weighted by molar-refractivity contribution is 5.65. The van der Waals surface area contributed by atoms with E-state index in [1.165, 1.54) is 0 Å². The van der Waals surface area contributed by atoms with Crippen LogP contribution in [0.5, 0.6) is 0 Å². The van der Waals surface area contributed by atoms with Gasteiger partial charge in [-0.3, -0.25) is 19.7 Å². The highest BCUT2D eigenvalue weighted by atomic mass is 19.4. The minimum absolute atomic E-state index is 0.0933. The fourth-order valence-electron chi connectivity index (χ4n) is 3.26. The second-order valence-corrected chi connectivity index (χ2v) is 7.84. The predicted molar refractivity (Wildman–Crippen MR) is 96.3 cm³/mol. The number of nitrogens with zero attached hydrogens (tertiary/aromatic N) is 2. The molecule has 0 aliphatic heterocycles. The highest BCUT2D eigenvalue weighted by Crippen LogP contribution is 2.40. The molecule has 1 aliphatic carbocycles. The van der Waals surface area contributed by atoms with Crippen LogP contribution in [0, 0.1) is 10.1 Å². The van der Waals surface area contributed by atoms with Crippen LogP contribution in [0.15, 0.2) is 18.2 Å². The summed E-state index contributed by atoms with van der Waals surface area (Å²) in [4.78, 5) is 28.0. The number of hydroxylamine groups is 2. The number of rotatable bonds is 6. The molecule has 0 spiro atoms. The fraction of sp³-hybridized carbons (Fsp3) is 0.611. The van der Waals surface area contributed by atoms with Crippen LogP contribution < -0.4 is 5.32 Å². The third kappa shape index (κ3) is 5.12. The molecule has 28 heavy (non-hydrogen) atoms. The second kappa shape index (κ2) is 7.94. The minimum Gasteiger partial charge on any atom is -0.355 e. The lowest BCUT2D eigenvalue weighted by molar-refractivity contribution is -0.384. The molecule has 0 aromatic heterocycles. The van der Waals surface area contributed by atoms with Crippen LogP contribution in [0.2, 0.25) is 0 Å². The molecular weight excluding hydrogens is 379 g/mol. The molecule has 0 unspecified atom stereocenters. The van der Waals surface area contributed by atoms with Gasteiger partial charge >= 0.3 is 6.18 Å². The molecule has 0 bridgehead atoms. The number of amides is 1. The van der Waals surface area contributed by atoms with E-state index in [1.54, 1.807) is 20.8 Å². The Labute approximate surface area is 160 Å². The van der Waals surface area contributed by atoms with Crippen molar-refractivity contribution in [3.05, 3.63) is 33.9 Å². The summed E-state index contributed by atoms with van der Waals surface area (Å²) in [6.45, 7) is 5.25. The summed E-state index contributed by atoms with van der Waals surface area (Å²) >= 11 is 0. The topological polar surface area (TPSA) is 84.7 Å². The smallest absolute Gasteiger partial charge is 0.355 e. The van der Waals surface area contributed by atoms with Gasteiger partial charge in [-0.1, -0.05) is 6.42 Å². The van der Waals surface area contributed by atoms with Crippen LogP contribution >= 0.6 is 0 Å². The first-order chi connectivity index (χ1) is 12.9. The number of nitro benzene ring substituents is 1. The van der Waals surface area contributed by atoms with Crippen molar-refractivity contribution in [2.24, 2.45) is 0 Å². The zero-order valence-corrected chi connectivity index (χ0v) is 16.0. The van der Waals surface area contributed by atoms with Gasteiger partial charge in [0.05, 0.1) is 16.1 Å². The van der Waals surface area contributed by atoms with Crippen LogP contribution in [-0.4, -0.2) is 27.7 Å². The van der Waals surface area contributed by atoms with E-state index in [-0.39, 0.29) is 5.69 Å². The Hall–Kier alpha value is -2.36. The van der Waals surface area contributed by atoms with Crippen LogP contribution in [0.25, 0.3) is 0 Å². The number of benzene rings is 1. The van der Waals surface area contributed by atoms with Crippen molar-refractivity contribution in [1.29, 1.82) is 0 Å². The molecular formula is C18H24F3N3O4. The Balaban J connectivity index is 2.47. The van der Waals surface area contributed by atoms with E-state index in [1.807, 2.05) is 0 Å². The van der Waals surface area contributed by atoms with Gasteiger partial charge in [-0.2, -0.15) is 18.2 Å². The van der Waals surface area contributed by atoms with Crippen molar-refractivity contribution >= 4 is 17.8 Å². The maximum Gasteiger partial charge on any atom is 0.416 e. The van der Waals surface area contributed by atoms with E-state index < -0.39 is 33.6 Å². The van der Waals surface area contributed by atoms with E-state index in [0.717, 1.165) is 36.5 Å². The molecule has 0 atom stereocenters. The summed E-state index contributed by atoms with van der Waals surface area (Å²) in [7, 11) is 0. The predicted octanol–water partition coefficient (Wildman–Crippen LogP) is 4.87. The first kappa shape index (κ1) is 21.9. The Bertz CT molecular complexity index is 726. The average molecular weight is 403 g/mol. The Morgan fingerprint density at radius 3 is 2.29 bits per heavy atom. The Morgan fingerprint density at radius 1 is 1.21 bits per heavy atom. The second-order valence-electron chi connectivity index (χ2n) is 7.84. The van der Waals surface area contributed by atoms with Crippen LogP contribution in [0.1, 0.15) is 58.4 Å². The summed E-state index contributed by atoms with van der Waals surface area (Å²) in [5, 5.41) is 15.5. The molecule has 0 radical (unpaired) electrons. The number of halogens is 3. The van der Waals surface area contributed by atoms with Crippen LogP contribution in [0.4, 0.5) is 24.5 Å². The first-order valence-electron chi connectivity index (χ1n) is 8.96. The van der Waals surface area contributed by atoms with Gasteiger partial charge < -0.3 is 5.32 Å². The van der Waals surface area contributed by atoms with Crippen LogP contribution in [-0.2, 0) is 15.8 Å². The molecule has 1 saturated carbocycles. The van der Waals surface area contributed by atoms with Crippen molar-refractivity contribution in [3.8, 4) is 0 Å². The van der Waals surface area contributed by atoms with Gasteiger partial charge in [-0.15, -0.1) is 0 Å².